The SMILES string of the molecule is CN(C)CCNC(=O)C1CN(c2ccc(Cl)c(-c3nc4ccccc4[nH]3)c2)C1. The number of aromatic nitrogens is 2. The van der Waals surface area contributed by atoms with E-state index in [-0.39, 0.29) is 11.8 Å². The quantitative estimate of drug-likeness (QED) is 0.671. The Morgan fingerprint density at radius 3 is 2.82 bits per heavy atom. The molecule has 0 aliphatic carbocycles. The molecule has 0 spiro atoms. The number of rotatable bonds is 6. The van der Waals surface area contributed by atoms with E-state index in [1.54, 1.807) is 0 Å². The van der Waals surface area contributed by atoms with Crippen LogP contribution in [0.25, 0.3) is 22.4 Å². The number of nitrogens with one attached hydrogen (secondary N) is 2. The predicted molar refractivity (Wildman–Crippen MR) is 114 cm³/mol. The van der Waals surface area contributed by atoms with E-state index in [1.165, 1.54) is 0 Å². The van der Waals surface area contributed by atoms with E-state index in [1.807, 2.05) is 56.6 Å². The van der Waals surface area contributed by atoms with Crippen molar-refractivity contribution in [3.8, 4) is 11.4 Å². The van der Waals surface area contributed by atoms with Gasteiger partial charge in [0, 0.05) is 37.4 Å². The second kappa shape index (κ2) is 7.81. The van der Waals surface area contributed by atoms with Crippen molar-refractivity contribution >= 4 is 34.2 Å². The van der Waals surface area contributed by atoms with Gasteiger partial charge >= 0.3 is 0 Å². The molecule has 2 heterocycles. The van der Waals surface area contributed by atoms with E-state index in [4.69, 9.17) is 11.6 Å². The maximum Gasteiger partial charge on any atom is 0.226 e. The molecule has 28 heavy (non-hydrogen) atoms. The average molecular weight is 398 g/mol. The van der Waals surface area contributed by atoms with Crippen LogP contribution in [0.4, 0.5) is 5.69 Å². The summed E-state index contributed by atoms with van der Waals surface area (Å²) in [6.45, 7) is 2.96. The first-order valence-corrected chi connectivity index (χ1v) is 9.81. The summed E-state index contributed by atoms with van der Waals surface area (Å²) in [7, 11) is 3.99. The van der Waals surface area contributed by atoms with Crippen LogP contribution in [-0.4, -0.2) is 61.0 Å². The van der Waals surface area contributed by atoms with Crippen molar-refractivity contribution in [2.75, 3.05) is 45.2 Å². The zero-order chi connectivity index (χ0) is 19.7. The minimum Gasteiger partial charge on any atom is -0.370 e. The van der Waals surface area contributed by atoms with Crippen LogP contribution in [0.1, 0.15) is 0 Å². The summed E-state index contributed by atoms with van der Waals surface area (Å²) in [6.07, 6.45) is 0. The monoisotopic (exact) mass is 397 g/mol. The largest absolute Gasteiger partial charge is 0.370 e. The molecule has 1 saturated heterocycles. The molecule has 0 atom stereocenters. The van der Waals surface area contributed by atoms with E-state index >= 15 is 0 Å². The minimum absolute atomic E-state index is 0.0347. The number of carbonyl (C=O) groups is 1. The molecule has 1 fully saturated rings. The molecule has 3 aromatic rings. The van der Waals surface area contributed by atoms with E-state index in [2.05, 4.69) is 25.1 Å². The normalized spacial score (nSPS) is 14.5. The second-order valence-corrected chi connectivity index (χ2v) is 7.87. The Bertz CT molecular complexity index is 960. The van der Waals surface area contributed by atoms with Gasteiger partial charge in [0.1, 0.15) is 5.82 Å². The minimum atomic E-state index is 0.0347. The number of likely N-dealkylation sites (N-methyl/N-ethyl adjacent to an activating group) is 1. The van der Waals surface area contributed by atoms with Gasteiger partial charge in [-0.3, -0.25) is 4.79 Å². The molecule has 7 heteroatoms. The fourth-order valence-corrected chi connectivity index (χ4v) is 3.58. The summed E-state index contributed by atoms with van der Waals surface area (Å²) in [5.41, 5.74) is 3.82. The maximum atomic E-state index is 12.2. The number of halogens is 1. The van der Waals surface area contributed by atoms with E-state index in [0.717, 1.165) is 47.7 Å². The Morgan fingerprint density at radius 1 is 1.29 bits per heavy atom. The van der Waals surface area contributed by atoms with Gasteiger partial charge < -0.3 is 20.1 Å². The van der Waals surface area contributed by atoms with Gasteiger partial charge in [-0.2, -0.15) is 0 Å². The summed E-state index contributed by atoms with van der Waals surface area (Å²) in [4.78, 5) is 24.5. The van der Waals surface area contributed by atoms with Gasteiger partial charge in [-0.1, -0.05) is 23.7 Å². The van der Waals surface area contributed by atoms with Crippen molar-refractivity contribution < 1.29 is 4.79 Å². The third kappa shape index (κ3) is 3.84. The number of imidazole rings is 1. The number of nitrogens with zero attached hydrogens (tertiary/aromatic N) is 3. The maximum absolute atomic E-state index is 12.2. The number of benzene rings is 2. The first kappa shape index (κ1) is 18.8. The molecule has 146 valence electrons. The Morgan fingerprint density at radius 2 is 2.07 bits per heavy atom. The average Bonchev–Trinajstić information content (AvgIpc) is 3.05. The van der Waals surface area contributed by atoms with Gasteiger partial charge in [0.05, 0.1) is 22.0 Å². The van der Waals surface area contributed by atoms with Crippen LogP contribution in [-0.2, 0) is 4.79 Å². The number of H-pyrrole nitrogens is 1. The molecule has 4 rings (SSSR count). The van der Waals surface area contributed by atoms with Crippen LogP contribution in [0.15, 0.2) is 42.5 Å². The Kier molecular flexibility index (Phi) is 5.24. The highest BCUT2D eigenvalue weighted by Gasteiger charge is 2.32. The van der Waals surface area contributed by atoms with Gasteiger partial charge in [0.2, 0.25) is 5.91 Å². The Balaban J connectivity index is 1.44. The molecule has 2 aromatic carbocycles. The fourth-order valence-electron chi connectivity index (χ4n) is 3.37. The summed E-state index contributed by atoms with van der Waals surface area (Å²) < 4.78 is 0. The molecule has 1 aliphatic rings. The zero-order valence-electron chi connectivity index (χ0n) is 16.1. The molecular weight excluding hydrogens is 374 g/mol. The van der Waals surface area contributed by atoms with Crippen LogP contribution >= 0.6 is 11.6 Å². The number of aromatic amines is 1. The highest BCUT2D eigenvalue weighted by Crippen LogP contribution is 2.34. The Hall–Kier alpha value is -2.57. The van der Waals surface area contributed by atoms with Gasteiger partial charge in [0.25, 0.3) is 0 Å². The molecule has 0 radical (unpaired) electrons. The summed E-state index contributed by atoms with van der Waals surface area (Å²) >= 11 is 6.44. The predicted octanol–water partition coefficient (Wildman–Crippen LogP) is 3.00. The lowest BCUT2D eigenvalue weighted by molar-refractivity contribution is -0.125. The van der Waals surface area contributed by atoms with Crippen LogP contribution in [0.3, 0.4) is 0 Å². The molecule has 2 N–H and O–H groups in total. The van der Waals surface area contributed by atoms with Gasteiger partial charge in [-0.15, -0.1) is 0 Å². The van der Waals surface area contributed by atoms with Crippen LogP contribution in [0.2, 0.25) is 5.02 Å². The molecular formula is C21H24ClN5O. The molecule has 0 unspecified atom stereocenters. The number of para-hydroxylation sites is 2. The van der Waals surface area contributed by atoms with Crippen LogP contribution in [0, 0.1) is 5.92 Å². The van der Waals surface area contributed by atoms with Gasteiger partial charge in [-0.25, -0.2) is 4.98 Å². The number of amides is 1. The molecule has 1 amide bonds. The fraction of sp³-hybridized carbons (Fsp3) is 0.333. The van der Waals surface area contributed by atoms with E-state index in [0.29, 0.717) is 11.6 Å². The molecule has 6 nitrogen and oxygen atoms in total. The highest BCUT2D eigenvalue weighted by molar-refractivity contribution is 6.33. The van der Waals surface area contributed by atoms with Crippen molar-refractivity contribution in [2.24, 2.45) is 5.92 Å². The van der Waals surface area contributed by atoms with Gasteiger partial charge in [-0.05, 0) is 44.4 Å². The first-order valence-electron chi connectivity index (χ1n) is 9.43. The van der Waals surface area contributed by atoms with Crippen molar-refractivity contribution in [3.63, 3.8) is 0 Å². The third-order valence-corrected chi connectivity index (χ3v) is 5.40. The lowest BCUT2D eigenvalue weighted by Gasteiger charge is -2.40. The van der Waals surface area contributed by atoms with Gasteiger partial charge in [0.15, 0.2) is 0 Å². The highest BCUT2D eigenvalue weighted by atomic mass is 35.5. The Labute approximate surface area is 169 Å². The lowest BCUT2D eigenvalue weighted by atomic mass is 9.97. The summed E-state index contributed by atoms with van der Waals surface area (Å²) in [6, 6.07) is 13.8. The van der Waals surface area contributed by atoms with Crippen molar-refractivity contribution in [3.05, 3.63) is 47.5 Å². The second-order valence-electron chi connectivity index (χ2n) is 7.46. The number of fused-ring (bicyclic) bond motifs is 1. The zero-order valence-corrected chi connectivity index (χ0v) is 16.8. The van der Waals surface area contributed by atoms with Crippen LogP contribution in [0.5, 0.6) is 0 Å². The topological polar surface area (TPSA) is 64.3 Å². The van der Waals surface area contributed by atoms with Crippen molar-refractivity contribution in [1.82, 2.24) is 20.2 Å². The number of hydrogen-bond donors (Lipinski definition) is 2. The van der Waals surface area contributed by atoms with Crippen molar-refractivity contribution in [2.45, 2.75) is 0 Å². The number of carbonyl (C=O) groups excluding carboxylic acids is 1. The van der Waals surface area contributed by atoms with Crippen LogP contribution < -0.4 is 10.2 Å². The smallest absolute Gasteiger partial charge is 0.226 e. The number of anilines is 1. The molecule has 0 saturated carbocycles. The number of hydrogen-bond acceptors (Lipinski definition) is 4. The molecule has 1 aromatic heterocycles. The summed E-state index contributed by atoms with van der Waals surface area (Å²) in [5, 5.41) is 3.66. The standard InChI is InChI=1S/C21H24ClN5O/c1-26(2)10-9-23-21(28)14-12-27(13-14)15-7-8-17(22)16(11-15)20-24-18-5-3-4-6-19(18)25-20/h3-8,11,14H,9-10,12-13H2,1-2H3,(H,23,28)(H,24,25). The van der Waals surface area contributed by atoms with E-state index < -0.39 is 0 Å². The first-order chi connectivity index (χ1) is 13.5. The summed E-state index contributed by atoms with van der Waals surface area (Å²) in [5.74, 6) is 0.920. The lowest BCUT2D eigenvalue weighted by Crippen LogP contribution is -2.54. The molecule has 0 bridgehead atoms. The molecule has 1 aliphatic heterocycles. The van der Waals surface area contributed by atoms with Crippen molar-refractivity contribution in [1.29, 1.82) is 0 Å². The van der Waals surface area contributed by atoms with E-state index in [9.17, 15) is 4.79 Å². The third-order valence-electron chi connectivity index (χ3n) is 5.07.